The van der Waals surface area contributed by atoms with Crippen molar-refractivity contribution in [1.82, 2.24) is 0 Å². The van der Waals surface area contributed by atoms with Crippen molar-refractivity contribution in [2.75, 3.05) is 23.8 Å². The molecule has 0 aliphatic heterocycles. The van der Waals surface area contributed by atoms with Crippen LogP contribution in [-0.4, -0.2) is 38.5 Å². The highest BCUT2D eigenvalue weighted by Crippen LogP contribution is 2.19. The molecule has 2 aromatic carbocycles. The molecule has 124 valence electrons. The summed E-state index contributed by atoms with van der Waals surface area (Å²) in [6.07, 6.45) is 0.747. The topological polar surface area (TPSA) is 57.6 Å². The van der Waals surface area contributed by atoms with Crippen LogP contribution in [0.2, 0.25) is 0 Å². The summed E-state index contributed by atoms with van der Waals surface area (Å²) < 4.78 is 25.0. The lowest BCUT2D eigenvalue weighted by Gasteiger charge is -2.32. The summed E-state index contributed by atoms with van der Waals surface area (Å²) in [7, 11) is -3.34. The molecule has 0 saturated heterocycles. The van der Waals surface area contributed by atoms with E-state index in [9.17, 15) is 13.5 Å². The molecule has 0 aliphatic carbocycles. The summed E-state index contributed by atoms with van der Waals surface area (Å²) in [6, 6.07) is 18.0. The Balaban J connectivity index is 2.19. The molecule has 0 saturated carbocycles. The van der Waals surface area contributed by atoms with Crippen molar-refractivity contribution < 1.29 is 13.5 Å². The van der Waals surface area contributed by atoms with E-state index in [0.29, 0.717) is 11.4 Å². The van der Waals surface area contributed by atoms with Crippen molar-refractivity contribution in [3.8, 4) is 0 Å². The van der Waals surface area contributed by atoms with Gasteiger partial charge in [-0.15, -0.1) is 0 Å². The smallest absolute Gasteiger partial charge is 0.180 e. The SMILES string of the molecule is CCC(CO)N(CCS(=O)(=O)c1ccccc1)c1ccccc1. The van der Waals surface area contributed by atoms with Gasteiger partial charge in [0.1, 0.15) is 0 Å². The fraction of sp³-hybridized carbons (Fsp3) is 0.333. The number of hydrogen-bond acceptors (Lipinski definition) is 4. The van der Waals surface area contributed by atoms with Gasteiger partial charge in [0.25, 0.3) is 0 Å². The predicted octanol–water partition coefficient (Wildman–Crippen LogP) is 2.74. The van der Waals surface area contributed by atoms with E-state index in [-0.39, 0.29) is 18.4 Å². The zero-order chi connectivity index (χ0) is 16.7. The van der Waals surface area contributed by atoms with Crippen molar-refractivity contribution in [2.24, 2.45) is 0 Å². The van der Waals surface area contributed by atoms with Gasteiger partial charge in [0.15, 0.2) is 9.84 Å². The second-order valence-corrected chi connectivity index (χ2v) is 7.51. The number of nitrogens with zero attached hydrogens (tertiary/aromatic N) is 1. The minimum absolute atomic E-state index is 0.00320. The Bertz CT molecular complexity index is 683. The molecule has 2 rings (SSSR count). The summed E-state index contributed by atoms with van der Waals surface area (Å²) in [5.41, 5.74) is 0.927. The lowest BCUT2D eigenvalue weighted by atomic mass is 10.1. The molecule has 1 atom stereocenters. The van der Waals surface area contributed by atoms with Gasteiger partial charge in [-0.3, -0.25) is 0 Å². The van der Waals surface area contributed by atoms with Crippen molar-refractivity contribution in [1.29, 1.82) is 0 Å². The minimum atomic E-state index is -3.34. The van der Waals surface area contributed by atoms with Crippen molar-refractivity contribution in [2.45, 2.75) is 24.3 Å². The van der Waals surface area contributed by atoms with Crippen LogP contribution in [0.25, 0.3) is 0 Å². The van der Waals surface area contributed by atoms with Gasteiger partial charge >= 0.3 is 0 Å². The number of para-hydroxylation sites is 1. The second-order valence-electron chi connectivity index (χ2n) is 5.41. The van der Waals surface area contributed by atoms with Crippen LogP contribution in [0.5, 0.6) is 0 Å². The van der Waals surface area contributed by atoms with Gasteiger partial charge in [0.05, 0.1) is 23.3 Å². The largest absolute Gasteiger partial charge is 0.394 e. The van der Waals surface area contributed by atoms with Crippen molar-refractivity contribution in [3.63, 3.8) is 0 Å². The van der Waals surface area contributed by atoms with Crippen LogP contribution >= 0.6 is 0 Å². The van der Waals surface area contributed by atoms with Crippen LogP contribution in [0.3, 0.4) is 0 Å². The molecule has 0 radical (unpaired) electrons. The summed E-state index contributed by atoms with van der Waals surface area (Å²) in [6.45, 7) is 2.33. The summed E-state index contributed by atoms with van der Waals surface area (Å²) in [4.78, 5) is 2.31. The molecule has 1 unspecified atom stereocenters. The highest BCUT2D eigenvalue weighted by molar-refractivity contribution is 7.91. The molecule has 0 aliphatic rings. The van der Waals surface area contributed by atoms with Crippen LogP contribution in [0.1, 0.15) is 13.3 Å². The van der Waals surface area contributed by atoms with E-state index in [1.165, 1.54) is 0 Å². The number of hydrogen-bond donors (Lipinski definition) is 1. The van der Waals surface area contributed by atoms with Crippen LogP contribution in [-0.2, 0) is 9.84 Å². The Kier molecular flexibility index (Phi) is 6.19. The number of sulfone groups is 1. The van der Waals surface area contributed by atoms with E-state index in [1.807, 2.05) is 42.2 Å². The van der Waals surface area contributed by atoms with E-state index >= 15 is 0 Å². The van der Waals surface area contributed by atoms with E-state index in [0.717, 1.165) is 12.1 Å². The Morgan fingerprint density at radius 3 is 2.09 bits per heavy atom. The normalized spacial score (nSPS) is 12.8. The summed E-state index contributed by atoms with van der Waals surface area (Å²) >= 11 is 0. The average molecular weight is 333 g/mol. The molecule has 0 fully saturated rings. The predicted molar refractivity (Wildman–Crippen MR) is 93.4 cm³/mol. The molecule has 4 nitrogen and oxygen atoms in total. The van der Waals surface area contributed by atoms with Crippen LogP contribution in [0, 0.1) is 0 Å². The number of aliphatic hydroxyl groups is 1. The zero-order valence-corrected chi connectivity index (χ0v) is 14.1. The van der Waals surface area contributed by atoms with Gasteiger partial charge in [0.2, 0.25) is 0 Å². The summed E-state index contributed by atoms with van der Waals surface area (Å²) in [5, 5.41) is 9.61. The zero-order valence-electron chi connectivity index (χ0n) is 13.3. The lowest BCUT2D eigenvalue weighted by Crippen LogP contribution is -2.40. The molecule has 0 bridgehead atoms. The van der Waals surface area contributed by atoms with Crippen LogP contribution < -0.4 is 4.90 Å². The van der Waals surface area contributed by atoms with E-state index in [1.54, 1.807) is 30.3 Å². The first-order valence-electron chi connectivity index (χ1n) is 7.79. The highest BCUT2D eigenvalue weighted by Gasteiger charge is 2.21. The molecule has 2 aromatic rings. The average Bonchev–Trinajstić information content (AvgIpc) is 2.60. The monoisotopic (exact) mass is 333 g/mol. The van der Waals surface area contributed by atoms with Crippen molar-refractivity contribution in [3.05, 3.63) is 60.7 Å². The van der Waals surface area contributed by atoms with Crippen LogP contribution in [0.15, 0.2) is 65.6 Å². The number of benzene rings is 2. The van der Waals surface area contributed by atoms with Crippen LogP contribution in [0.4, 0.5) is 5.69 Å². The van der Waals surface area contributed by atoms with E-state index in [4.69, 9.17) is 0 Å². The Morgan fingerprint density at radius 1 is 1.00 bits per heavy atom. The van der Waals surface area contributed by atoms with Gasteiger partial charge < -0.3 is 10.0 Å². The first-order valence-corrected chi connectivity index (χ1v) is 9.44. The van der Waals surface area contributed by atoms with E-state index in [2.05, 4.69) is 0 Å². The van der Waals surface area contributed by atoms with Crippen molar-refractivity contribution >= 4 is 15.5 Å². The van der Waals surface area contributed by atoms with Gasteiger partial charge in [-0.25, -0.2) is 8.42 Å². The second kappa shape index (κ2) is 8.13. The number of aliphatic hydroxyl groups excluding tert-OH is 1. The third-order valence-corrected chi connectivity index (χ3v) is 5.62. The third kappa shape index (κ3) is 4.56. The fourth-order valence-electron chi connectivity index (χ4n) is 2.55. The molecule has 5 heteroatoms. The third-order valence-electron chi connectivity index (χ3n) is 3.91. The highest BCUT2D eigenvalue weighted by atomic mass is 32.2. The number of anilines is 1. The van der Waals surface area contributed by atoms with Gasteiger partial charge in [-0.1, -0.05) is 43.3 Å². The summed E-state index contributed by atoms with van der Waals surface area (Å²) in [5.74, 6) is 0.0163. The molecule has 23 heavy (non-hydrogen) atoms. The van der Waals surface area contributed by atoms with E-state index < -0.39 is 9.84 Å². The minimum Gasteiger partial charge on any atom is -0.394 e. The quantitative estimate of drug-likeness (QED) is 0.807. The first kappa shape index (κ1) is 17.5. The van der Waals surface area contributed by atoms with Gasteiger partial charge in [-0.2, -0.15) is 0 Å². The molecular weight excluding hydrogens is 310 g/mol. The van der Waals surface area contributed by atoms with Gasteiger partial charge in [-0.05, 0) is 30.7 Å². The Morgan fingerprint density at radius 2 is 1.57 bits per heavy atom. The maximum absolute atomic E-state index is 12.5. The maximum Gasteiger partial charge on any atom is 0.180 e. The molecular formula is C18H23NO3S. The molecule has 0 amide bonds. The standard InChI is InChI=1S/C18H23NO3S/c1-2-16(15-20)19(17-9-5-3-6-10-17)13-14-23(21,22)18-11-7-4-8-12-18/h3-12,16,20H,2,13-15H2,1H3. The Hall–Kier alpha value is -1.85. The molecule has 0 aromatic heterocycles. The Labute approximate surface area is 138 Å². The maximum atomic E-state index is 12.5. The van der Waals surface area contributed by atoms with Gasteiger partial charge in [0, 0.05) is 12.2 Å². The molecule has 0 heterocycles. The molecule has 0 spiro atoms. The number of rotatable bonds is 8. The lowest BCUT2D eigenvalue weighted by molar-refractivity contribution is 0.256. The molecule has 1 N–H and O–H groups in total. The first-order chi connectivity index (χ1) is 11.1. The fourth-order valence-corrected chi connectivity index (χ4v) is 3.80.